The van der Waals surface area contributed by atoms with E-state index >= 15 is 0 Å². The van der Waals surface area contributed by atoms with Gasteiger partial charge < -0.3 is 10.4 Å². The fourth-order valence-electron chi connectivity index (χ4n) is 1.97. The molecule has 0 aromatic heterocycles. The Labute approximate surface area is 107 Å². The van der Waals surface area contributed by atoms with Crippen LogP contribution in [0.2, 0.25) is 0 Å². The number of hydrogen-bond donors (Lipinski definition) is 2. The molecule has 2 atom stereocenters. The second-order valence-corrected chi connectivity index (χ2v) is 6.44. The van der Waals surface area contributed by atoms with Crippen LogP contribution in [0.1, 0.15) is 46.0 Å². The number of carboxylic acids is 1. The Kier molecular flexibility index (Phi) is 5.31. The van der Waals surface area contributed by atoms with Crippen molar-refractivity contribution >= 4 is 23.6 Å². The van der Waals surface area contributed by atoms with Crippen molar-refractivity contribution in [1.29, 1.82) is 0 Å². The number of carbonyl (C=O) groups is 2. The molecule has 17 heavy (non-hydrogen) atoms. The summed E-state index contributed by atoms with van der Waals surface area (Å²) in [4.78, 5) is 22.4. The largest absolute Gasteiger partial charge is 0.481 e. The van der Waals surface area contributed by atoms with E-state index in [0.29, 0.717) is 6.42 Å². The van der Waals surface area contributed by atoms with Gasteiger partial charge >= 0.3 is 5.97 Å². The highest BCUT2D eigenvalue weighted by Gasteiger charge is 2.37. The molecule has 0 radical (unpaired) electrons. The zero-order valence-corrected chi connectivity index (χ0v) is 11.3. The summed E-state index contributed by atoms with van der Waals surface area (Å²) in [5.41, 5.74) is 0. The van der Waals surface area contributed by atoms with Crippen molar-refractivity contribution in [3.8, 4) is 0 Å². The molecule has 0 aliphatic carbocycles. The molecule has 0 saturated carbocycles. The molecule has 0 aromatic carbocycles. The highest BCUT2D eigenvalue weighted by atomic mass is 32.2. The molecule has 98 valence electrons. The fourth-order valence-corrected chi connectivity index (χ4v) is 3.18. The standard InChI is InChI=1S/C12H21NO3S/c1-9(5-3-6-10(14)15)13-11(16)12(2)7-4-8-17-12/h9H,3-8H2,1-2H3,(H,13,16)(H,14,15). The monoisotopic (exact) mass is 259 g/mol. The van der Waals surface area contributed by atoms with Gasteiger partial charge in [-0.15, -0.1) is 11.8 Å². The molecule has 1 rings (SSSR count). The number of amides is 1. The van der Waals surface area contributed by atoms with E-state index in [0.717, 1.165) is 25.0 Å². The molecule has 0 aromatic rings. The Bertz CT molecular complexity index is 287. The minimum Gasteiger partial charge on any atom is -0.481 e. The molecule has 1 heterocycles. The molecule has 4 nitrogen and oxygen atoms in total. The van der Waals surface area contributed by atoms with E-state index in [-0.39, 0.29) is 23.1 Å². The second-order valence-electron chi connectivity index (χ2n) is 4.84. The predicted octanol–water partition coefficient (Wildman–Crippen LogP) is 2.03. The van der Waals surface area contributed by atoms with Crippen LogP contribution in [0, 0.1) is 0 Å². The van der Waals surface area contributed by atoms with E-state index in [9.17, 15) is 9.59 Å². The molecule has 1 saturated heterocycles. The van der Waals surface area contributed by atoms with Gasteiger partial charge in [0.1, 0.15) is 0 Å². The maximum Gasteiger partial charge on any atom is 0.303 e. The fraction of sp³-hybridized carbons (Fsp3) is 0.833. The van der Waals surface area contributed by atoms with Crippen molar-refractivity contribution < 1.29 is 14.7 Å². The van der Waals surface area contributed by atoms with Crippen LogP contribution in [0.5, 0.6) is 0 Å². The van der Waals surface area contributed by atoms with Crippen molar-refractivity contribution in [2.75, 3.05) is 5.75 Å². The first kappa shape index (κ1) is 14.4. The van der Waals surface area contributed by atoms with Crippen LogP contribution in [0.4, 0.5) is 0 Å². The van der Waals surface area contributed by atoms with Crippen LogP contribution in [-0.4, -0.2) is 33.5 Å². The van der Waals surface area contributed by atoms with Crippen molar-refractivity contribution in [3.63, 3.8) is 0 Å². The lowest BCUT2D eigenvalue weighted by atomic mass is 10.0. The van der Waals surface area contributed by atoms with Gasteiger partial charge in [0.2, 0.25) is 5.91 Å². The molecule has 2 N–H and O–H groups in total. The van der Waals surface area contributed by atoms with Crippen LogP contribution in [0.15, 0.2) is 0 Å². The van der Waals surface area contributed by atoms with Gasteiger partial charge in [-0.2, -0.15) is 0 Å². The Balaban J connectivity index is 2.28. The molecular weight excluding hydrogens is 238 g/mol. The number of hydrogen-bond acceptors (Lipinski definition) is 3. The number of carbonyl (C=O) groups excluding carboxylic acids is 1. The lowest BCUT2D eigenvalue weighted by Gasteiger charge is -2.24. The van der Waals surface area contributed by atoms with Crippen molar-refractivity contribution in [1.82, 2.24) is 5.32 Å². The molecule has 5 heteroatoms. The van der Waals surface area contributed by atoms with Gasteiger partial charge in [-0.1, -0.05) is 0 Å². The summed E-state index contributed by atoms with van der Waals surface area (Å²) in [7, 11) is 0. The Morgan fingerprint density at radius 1 is 1.53 bits per heavy atom. The Morgan fingerprint density at radius 3 is 2.76 bits per heavy atom. The molecule has 1 fully saturated rings. The summed E-state index contributed by atoms with van der Waals surface area (Å²) in [6.45, 7) is 3.92. The molecular formula is C12H21NO3S. The number of aliphatic carboxylic acids is 1. The summed E-state index contributed by atoms with van der Waals surface area (Å²) in [6, 6.07) is 0.0554. The first-order valence-electron chi connectivity index (χ1n) is 6.11. The van der Waals surface area contributed by atoms with Crippen LogP contribution < -0.4 is 5.32 Å². The Morgan fingerprint density at radius 2 is 2.24 bits per heavy atom. The number of rotatable bonds is 6. The molecule has 0 bridgehead atoms. The zero-order valence-electron chi connectivity index (χ0n) is 10.5. The van der Waals surface area contributed by atoms with Crippen LogP contribution in [0.3, 0.4) is 0 Å². The summed E-state index contributed by atoms with van der Waals surface area (Å²) in [5, 5.41) is 11.5. The van der Waals surface area contributed by atoms with Gasteiger partial charge in [-0.25, -0.2) is 0 Å². The third-order valence-electron chi connectivity index (χ3n) is 3.10. The summed E-state index contributed by atoms with van der Waals surface area (Å²) in [5.74, 6) is 0.377. The molecule has 0 spiro atoms. The van der Waals surface area contributed by atoms with Crippen LogP contribution in [0.25, 0.3) is 0 Å². The van der Waals surface area contributed by atoms with Crippen molar-refractivity contribution in [2.24, 2.45) is 0 Å². The van der Waals surface area contributed by atoms with E-state index in [1.54, 1.807) is 11.8 Å². The van der Waals surface area contributed by atoms with Crippen LogP contribution >= 0.6 is 11.8 Å². The third kappa shape index (κ3) is 4.58. The first-order valence-corrected chi connectivity index (χ1v) is 7.09. The topological polar surface area (TPSA) is 66.4 Å². The van der Waals surface area contributed by atoms with E-state index < -0.39 is 5.97 Å². The number of nitrogens with one attached hydrogen (secondary N) is 1. The third-order valence-corrected chi connectivity index (χ3v) is 4.62. The lowest BCUT2D eigenvalue weighted by Crippen LogP contribution is -2.44. The molecule has 2 unspecified atom stereocenters. The van der Waals surface area contributed by atoms with E-state index in [1.807, 2.05) is 13.8 Å². The SMILES string of the molecule is CC(CCCC(=O)O)NC(=O)C1(C)CCCS1. The van der Waals surface area contributed by atoms with Gasteiger partial charge in [0.25, 0.3) is 0 Å². The van der Waals surface area contributed by atoms with Gasteiger partial charge in [-0.3, -0.25) is 9.59 Å². The highest BCUT2D eigenvalue weighted by molar-refractivity contribution is 8.01. The second kappa shape index (κ2) is 6.28. The normalized spacial score (nSPS) is 25.5. The average Bonchev–Trinajstić information content (AvgIpc) is 2.66. The number of carboxylic acid groups (broad SMARTS) is 1. The van der Waals surface area contributed by atoms with Crippen LogP contribution in [-0.2, 0) is 9.59 Å². The van der Waals surface area contributed by atoms with E-state index in [2.05, 4.69) is 5.32 Å². The van der Waals surface area contributed by atoms with E-state index in [4.69, 9.17) is 5.11 Å². The van der Waals surface area contributed by atoms with Gasteiger partial charge in [0.15, 0.2) is 0 Å². The smallest absolute Gasteiger partial charge is 0.303 e. The van der Waals surface area contributed by atoms with E-state index in [1.165, 1.54) is 0 Å². The van der Waals surface area contributed by atoms with Gasteiger partial charge in [-0.05, 0) is 45.3 Å². The molecule has 1 amide bonds. The molecule has 1 aliphatic rings. The summed E-state index contributed by atoms with van der Waals surface area (Å²) >= 11 is 1.72. The summed E-state index contributed by atoms with van der Waals surface area (Å²) in [6.07, 6.45) is 3.54. The lowest BCUT2D eigenvalue weighted by molar-refractivity contribution is -0.137. The highest BCUT2D eigenvalue weighted by Crippen LogP contribution is 2.37. The maximum absolute atomic E-state index is 12.0. The summed E-state index contributed by atoms with van der Waals surface area (Å²) < 4.78 is -0.277. The minimum absolute atomic E-state index is 0.0554. The van der Waals surface area contributed by atoms with Gasteiger partial charge in [0.05, 0.1) is 4.75 Å². The van der Waals surface area contributed by atoms with Crippen molar-refractivity contribution in [3.05, 3.63) is 0 Å². The number of thioether (sulfide) groups is 1. The molecule has 1 aliphatic heterocycles. The van der Waals surface area contributed by atoms with Gasteiger partial charge in [0, 0.05) is 12.5 Å². The maximum atomic E-state index is 12.0. The first-order chi connectivity index (χ1) is 7.94. The predicted molar refractivity (Wildman–Crippen MR) is 69.2 cm³/mol. The van der Waals surface area contributed by atoms with Crippen molar-refractivity contribution in [2.45, 2.75) is 56.7 Å². The minimum atomic E-state index is -0.776. The zero-order chi connectivity index (χ0) is 12.9. The quantitative estimate of drug-likeness (QED) is 0.766. The Hall–Kier alpha value is -0.710. The average molecular weight is 259 g/mol.